The van der Waals surface area contributed by atoms with E-state index in [4.69, 9.17) is 0 Å². The zero-order valence-electron chi connectivity index (χ0n) is 9.83. The van der Waals surface area contributed by atoms with Crippen LogP contribution in [0.15, 0.2) is 41.2 Å². The zero-order chi connectivity index (χ0) is 12.7. The number of aryl methyl sites for hydroxylation is 1. The van der Waals surface area contributed by atoms with Crippen molar-refractivity contribution in [2.24, 2.45) is 7.05 Å². The van der Waals surface area contributed by atoms with Crippen LogP contribution < -0.4 is 10.5 Å². The van der Waals surface area contributed by atoms with Gasteiger partial charge < -0.3 is 0 Å². The van der Waals surface area contributed by atoms with Crippen LogP contribution in [0.4, 0.5) is 5.82 Å². The Labute approximate surface area is 103 Å². The molecule has 3 rings (SSSR count). The first kappa shape index (κ1) is 10.7. The summed E-state index contributed by atoms with van der Waals surface area (Å²) in [5.41, 5.74) is 1.49. The van der Waals surface area contributed by atoms with E-state index in [0.29, 0.717) is 17.9 Å². The summed E-state index contributed by atoms with van der Waals surface area (Å²) >= 11 is 0. The fourth-order valence-electron chi connectivity index (χ4n) is 2.07. The number of hydrogen-bond donors (Lipinski definition) is 0. The Morgan fingerprint density at radius 3 is 2.61 bits per heavy atom. The molecule has 2 aromatic rings. The van der Waals surface area contributed by atoms with Crippen molar-refractivity contribution in [2.75, 3.05) is 4.90 Å². The van der Waals surface area contributed by atoms with Crippen molar-refractivity contribution in [3.05, 3.63) is 57.9 Å². The van der Waals surface area contributed by atoms with Gasteiger partial charge in [0.15, 0.2) is 5.82 Å². The molecule has 1 amide bonds. The van der Waals surface area contributed by atoms with Crippen molar-refractivity contribution in [3.8, 4) is 0 Å². The summed E-state index contributed by atoms with van der Waals surface area (Å²) in [6.45, 7) is 0.500. The standard InChI is InChI=1S/C13H11N3O2/c1-15-12(17)7-6-11(14-15)16-8-9-4-2-3-5-10(9)13(16)18/h2-7H,8H2,1H3. The number of rotatable bonds is 1. The first-order chi connectivity index (χ1) is 8.66. The van der Waals surface area contributed by atoms with E-state index in [1.807, 2.05) is 18.2 Å². The third kappa shape index (κ3) is 1.52. The lowest BCUT2D eigenvalue weighted by atomic mass is 10.1. The molecule has 1 aliphatic rings. The van der Waals surface area contributed by atoms with Crippen LogP contribution >= 0.6 is 0 Å². The van der Waals surface area contributed by atoms with Gasteiger partial charge in [0.1, 0.15) is 0 Å². The summed E-state index contributed by atoms with van der Waals surface area (Å²) in [7, 11) is 1.57. The highest BCUT2D eigenvalue weighted by atomic mass is 16.2. The Bertz CT molecular complexity index is 691. The highest BCUT2D eigenvalue weighted by molar-refractivity contribution is 6.09. The van der Waals surface area contributed by atoms with Crippen LogP contribution in [0.3, 0.4) is 0 Å². The summed E-state index contributed by atoms with van der Waals surface area (Å²) in [5, 5.41) is 4.10. The van der Waals surface area contributed by atoms with E-state index in [1.54, 1.807) is 24.1 Å². The molecule has 0 aliphatic carbocycles. The smallest absolute Gasteiger partial charge is 0.266 e. The Morgan fingerprint density at radius 2 is 1.89 bits per heavy atom. The van der Waals surface area contributed by atoms with Crippen LogP contribution in [-0.4, -0.2) is 15.7 Å². The molecule has 0 bridgehead atoms. The van der Waals surface area contributed by atoms with E-state index in [9.17, 15) is 9.59 Å². The number of hydrogen-bond acceptors (Lipinski definition) is 3. The topological polar surface area (TPSA) is 55.2 Å². The Kier molecular flexibility index (Phi) is 2.26. The molecule has 0 saturated heterocycles. The van der Waals surface area contributed by atoms with E-state index in [2.05, 4.69) is 5.10 Å². The predicted octanol–water partition coefficient (Wildman–Crippen LogP) is 0.941. The molecule has 0 unspecified atom stereocenters. The van der Waals surface area contributed by atoms with E-state index in [0.717, 1.165) is 5.56 Å². The lowest BCUT2D eigenvalue weighted by Gasteiger charge is -2.14. The molecular weight excluding hydrogens is 230 g/mol. The molecule has 0 fully saturated rings. The number of amides is 1. The summed E-state index contributed by atoms with van der Waals surface area (Å²) in [5.74, 6) is 0.426. The molecule has 2 heterocycles. The van der Waals surface area contributed by atoms with Gasteiger partial charge in [0.25, 0.3) is 11.5 Å². The van der Waals surface area contributed by atoms with Gasteiger partial charge in [0.05, 0.1) is 6.54 Å². The monoisotopic (exact) mass is 241 g/mol. The maximum absolute atomic E-state index is 12.2. The van der Waals surface area contributed by atoms with Gasteiger partial charge in [-0.3, -0.25) is 14.5 Å². The molecule has 1 aromatic carbocycles. The lowest BCUT2D eigenvalue weighted by Crippen LogP contribution is -2.28. The van der Waals surface area contributed by atoms with Gasteiger partial charge in [-0.25, -0.2) is 4.68 Å². The van der Waals surface area contributed by atoms with Crippen molar-refractivity contribution in [2.45, 2.75) is 6.54 Å². The third-order valence-corrected chi connectivity index (χ3v) is 3.04. The largest absolute Gasteiger partial charge is 0.287 e. The van der Waals surface area contributed by atoms with Crippen LogP contribution in [0.2, 0.25) is 0 Å². The van der Waals surface area contributed by atoms with E-state index in [-0.39, 0.29) is 11.5 Å². The predicted molar refractivity (Wildman–Crippen MR) is 66.4 cm³/mol. The lowest BCUT2D eigenvalue weighted by molar-refractivity contribution is 0.0995. The second-order valence-electron chi connectivity index (χ2n) is 4.20. The van der Waals surface area contributed by atoms with Crippen molar-refractivity contribution in [1.82, 2.24) is 9.78 Å². The fraction of sp³-hybridized carbons (Fsp3) is 0.154. The van der Waals surface area contributed by atoms with E-state index < -0.39 is 0 Å². The minimum Gasteiger partial charge on any atom is -0.287 e. The Balaban J connectivity index is 2.04. The Hall–Kier alpha value is -2.43. The minimum atomic E-state index is -0.192. The second kappa shape index (κ2) is 3.80. The highest BCUT2D eigenvalue weighted by Crippen LogP contribution is 2.25. The number of fused-ring (bicyclic) bond motifs is 1. The number of anilines is 1. The maximum atomic E-state index is 12.2. The number of carbonyl (C=O) groups is 1. The first-order valence-corrected chi connectivity index (χ1v) is 5.61. The van der Waals surface area contributed by atoms with Crippen LogP contribution in [0.5, 0.6) is 0 Å². The number of aromatic nitrogens is 2. The fourth-order valence-corrected chi connectivity index (χ4v) is 2.07. The highest BCUT2D eigenvalue weighted by Gasteiger charge is 2.28. The molecule has 0 radical (unpaired) electrons. The summed E-state index contributed by atoms with van der Waals surface area (Å²) in [6.07, 6.45) is 0. The van der Waals surface area contributed by atoms with Gasteiger partial charge >= 0.3 is 0 Å². The van der Waals surface area contributed by atoms with Gasteiger partial charge in [0.2, 0.25) is 0 Å². The number of benzene rings is 1. The molecule has 0 saturated carbocycles. The normalized spacial score (nSPS) is 13.8. The maximum Gasteiger partial charge on any atom is 0.266 e. The quantitative estimate of drug-likeness (QED) is 0.746. The second-order valence-corrected chi connectivity index (χ2v) is 4.20. The van der Waals surface area contributed by atoms with Crippen molar-refractivity contribution in [1.29, 1.82) is 0 Å². The average Bonchev–Trinajstić information content (AvgIpc) is 2.71. The van der Waals surface area contributed by atoms with Gasteiger partial charge in [-0.2, -0.15) is 5.10 Å². The molecule has 1 aliphatic heterocycles. The van der Waals surface area contributed by atoms with Crippen LogP contribution in [0, 0.1) is 0 Å². The first-order valence-electron chi connectivity index (χ1n) is 5.61. The average molecular weight is 241 g/mol. The number of carbonyl (C=O) groups excluding carboxylic acids is 1. The van der Waals surface area contributed by atoms with E-state index >= 15 is 0 Å². The molecule has 18 heavy (non-hydrogen) atoms. The zero-order valence-corrected chi connectivity index (χ0v) is 9.83. The third-order valence-electron chi connectivity index (χ3n) is 3.04. The molecule has 0 atom stereocenters. The molecular formula is C13H11N3O2. The van der Waals surface area contributed by atoms with Gasteiger partial charge in [-0.1, -0.05) is 18.2 Å². The van der Waals surface area contributed by atoms with Crippen molar-refractivity contribution in [3.63, 3.8) is 0 Å². The molecule has 5 nitrogen and oxygen atoms in total. The van der Waals surface area contributed by atoms with Crippen LogP contribution in [0.25, 0.3) is 0 Å². The van der Waals surface area contributed by atoms with Crippen molar-refractivity contribution < 1.29 is 4.79 Å². The van der Waals surface area contributed by atoms with Gasteiger partial charge in [0, 0.05) is 18.7 Å². The summed E-state index contributed by atoms with van der Waals surface area (Å²) in [4.78, 5) is 25.0. The SMILES string of the molecule is Cn1nc(N2Cc3ccccc3C2=O)ccc1=O. The molecule has 0 spiro atoms. The van der Waals surface area contributed by atoms with E-state index in [1.165, 1.54) is 10.7 Å². The van der Waals surface area contributed by atoms with Crippen LogP contribution in [-0.2, 0) is 13.6 Å². The summed E-state index contributed by atoms with van der Waals surface area (Å²) < 4.78 is 1.23. The minimum absolute atomic E-state index is 0.0725. The summed E-state index contributed by atoms with van der Waals surface area (Å²) in [6, 6.07) is 10.5. The molecule has 5 heteroatoms. The van der Waals surface area contributed by atoms with Crippen molar-refractivity contribution >= 4 is 11.7 Å². The molecule has 0 N–H and O–H groups in total. The van der Waals surface area contributed by atoms with Gasteiger partial charge in [-0.05, 0) is 17.7 Å². The van der Waals surface area contributed by atoms with Gasteiger partial charge in [-0.15, -0.1) is 0 Å². The number of nitrogens with zero attached hydrogens (tertiary/aromatic N) is 3. The van der Waals surface area contributed by atoms with Crippen LogP contribution in [0.1, 0.15) is 15.9 Å². The Morgan fingerprint density at radius 1 is 1.11 bits per heavy atom. The molecule has 1 aromatic heterocycles. The molecule has 90 valence electrons.